The zero-order chi connectivity index (χ0) is 34.0. The van der Waals surface area contributed by atoms with Crippen LogP contribution in [0.15, 0.2) is 77.5 Å². The molecule has 0 aromatic heterocycles. The van der Waals surface area contributed by atoms with Crippen LogP contribution in [0.1, 0.15) is 75.1 Å². The van der Waals surface area contributed by atoms with Crippen LogP contribution >= 0.6 is 0 Å². The van der Waals surface area contributed by atoms with Gasteiger partial charge in [-0.15, -0.1) is 0 Å². The molecule has 1 fully saturated rings. The maximum absolute atomic E-state index is 13.8. The van der Waals surface area contributed by atoms with Crippen molar-refractivity contribution in [2.45, 2.75) is 71.8 Å². The Morgan fingerprint density at radius 2 is 1.85 bits per heavy atom. The molecule has 1 saturated heterocycles. The Bertz CT molecular complexity index is 1510. The van der Waals surface area contributed by atoms with Gasteiger partial charge in [-0.3, -0.25) is 10.7 Å². The van der Waals surface area contributed by atoms with Gasteiger partial charge in [0.15, 0.2) is 0 Å². The van der Waals surface area contributed by atoms with Crippen LogP contribution < -0.4 is 21.8 Å². The molecule has 3 aromatic rings. The SMILES string of the molecule is C/C(=C/N)C(CNC(C)N/N=C/c1ccc(NCc2cc(-c3cccc(O)c3)cc(C(F)(F)F)c2)cc1C(C)C)C1CCCOCC1. The molecular weight excluding hydrogens is 603 g/mol. The highest BCUT2D eigenvalue weighted by molar-refractivity contribution is 5.83. The van der Waals surface area contributed by atoms with Crippen molar-refractivity contribution in [1.29, 1.82) is 0 Å². The van der Waals surface area contributed by atoms with Gasteiger partial charge in [-0.25, -0.2) is 0 Å². The number of anilines is 1. The molecule has 0 bridgehead atoms. The lowest BCUT2D eigenvalue weighted by Gasteiger charge is -2.28. The second kappa shape index (κ2) is 16.7. The van der Waals surface area contributed by atoms with Crippen molar-refractivity contribution in [2.24, 2.45) is 22.7 Å². The van der Waals surface area contributed by atoms with Crippen LogP contribution in [0.3, 0.4) is 0 Å². The minimum atomic E-state index is -4.50. The standard InChI is InChI=1S/C37H48F3N5O2/c1-24(2)35-19-33(43-21-27-15-31(17-32(16-27)37(38,39)40)29-7-5-9-34(46)18-29)11-10-30(35)22-44-45-26(4)42-23-36(25(3)20-41)28-8-6-13-47-14-12-28/h5,7,9-11,15-20,22,24,26,28,36,42-43,45-46H,6,8,12-14,21,23,41H2,1-4H3/b25-20-,44-22+. The van der Waals surface area contributed by atoms with Gasteiger partial charge >= 0.3 is 6.18 Å². The monoisotopic (exact) mass is 651 g/mol. The lowest BCUT2D eigenvalue weighted by atomic mass is 9.82. The Balaban J connectivity index is 1.41. The molecule has 0 aliphatic carbocycles. The number of hydrogen-bond acceptors (Lipinski definition) is 7. The highest BCUT2D eigenvalue weighted by atomic mass is 19.4. The zero-order valence-electron chi connectivity index (χ0n) is 27.7. The Kier molecular flexibility index (Phi) is 12.7. The second-order valence-corrected chi connectivity index (χ2v) is 12.7. The van der Waals surface area contributed by atoms with E-state index in [4.69, 9.17) is 10.5 Å². The predicted molar refractivity (Wildman–Crippen MR) is 184 cm³/mol. The van der Waals surface area contributed by atoms with Crippen molar-refractivity contribution in [3.05, 3.63) is 94.7 Å². The van der Waals surface area contributed by atoms with E-state index in [0.717, 1.165) is 68.0 Å². The van der Waals surface area contributed by atoms with Crippen LogP contribution in [0.25, 0.3) is 11.1 Å². The van der Waals surface area contributed by atoms with Gasteiger partial charge in [0.05, 0.1) is 17.9 Å². The molecule has 0 radical (unpaired) electrons. The number of phenolic OH excluding ortho intramolecular Hbond substituents is 1. The summed E-state index contributed by atoms with van der Waals surface area (Å²) in [5.74, 6) is 1.04. The van der Waals surface area contributed by atoms with Crippen LogP contribution in [-0.2, 0) is 17.5 Å². The van der Waals surface area contributed by atoms with Gasteiger partial charge in [0.25, 0.3) is 0 Å². The third kappa shape index (κ3) is 10.5. The third-order valence-corrected chi connectivity index (χ3v) is 8.73. The van der Waals surface area contributed by atoms with Crippen molar-refractivity contribution < 1.29 is 23.0 Å². The van der Waals surface area contributed by atoms with Gasteiger partial charge in [0.2, 0.25) is 0 Å². The maximum Gasteiger partial charge on any atom is 0.416 e. The van der Waals surface area contributed by atoms with Gasteiger partial charge in [-0.2, -0.15) is 18.3 Å². The van der Waals surface area contributed by atoms with E-state index < -0.39 is 11.7 Å². The van der Waals surface area contributed by atoms with Crippen LogP contribution in [0.2, 0.25) is 0 Å². The van der Waals surface area contributed by atoms with Crippen molar-refractivity contribution in [1.82, 2.24) is 10.7 Å². The molecule has 254 valence electrons. The Morgan fingerprint density at radius 1 is 1.04 bits per heavy atom. The lowest BCUT2D eigenvalue weighted by molar-refractivity contribution is -0.137. The summed E-state index contributed by atoms with van der Waals surface area (Å²) in [6.07, 6.45) is 2.17. The largest absolute Gasteiger partial charge is 0.508 e. The van der Waals surface area contributed by atoms with E-state index in [1.165, 1.54) is 17.7 Å². The minimum absolute atomic E-state index is 0.00470. The number of nitrogens with two attached hydrogens (primary N) is 1. The van der Waals surface area contributed by atoms with Crippen molar-refractivity contribution in [3.63, 3.8) is 0 Å². The van der Waals surface area contributed by atoms with Crippen molar-refractivity contribution in [3.8, 4) is 16.9 Å². The Labute approximate surface area is 276 Å². The first-order valence-corrected chi connectivity index (χ1v) is 16.3. The molecule has 3 atom stereocenters. The number of hydrazone groups is 1. The Morgan fingerprint density at radius 3 is 2.57 bits per heavy atom. The lowest BCUT2D eigenvalue weighted by Crippen LogP contribution is -2.41. The maximum atomic E-state index is 13.8. The molecule has 0 spiro atoms. The number of ether oxygens (including phenoxy) is 1. The van der Waals surface area contributed by atoms with Crippen LogP contribution in [0, 0.1) is 11.8 Å². The molecule has 0 amide bonds. The number of phenols is 1. The predicted octanol–water partition coefficient (Wildman–Crippen LogP) is 7.97. The molecular formula is C37H48F3N5O2. The summed E-state index contributed by atoms with van der Waals surface area (Å²) in [5.41, 5.74) is 13.7. The van der Waals surface area contributed by atoms with E-state index in [1.54, 1.807) is 30.6 Å². The normalized spacial score (nSPS) is 17.4. The molecule has 1 heterocycles. The van der Waals surface area contributed by atoms with Crippen LogP contribution in [-0.4, -0.2) is 37.2 Å². The average molecular weight is 652 g/mol. The molecule has 7 nitrogen and oxygen atoms in total. The van der Waals surface area contributed by atoms with Gasteiger partial charge < -0.3 is 20.9 Å². The topological polar surface area (TPSA) is 104 Å². The molecule has 1 aliphatic rings. The molecule has 3 aromatic carbocycles. The van der Waals surface area contributed by atoms with E-state index in [2.05, 4.69) is 41.9 Å². The first-order valence-electron chi connectivity index (χ1n) is 16.3. The minimum Gasteiger partial charge on any atom is -0.508 e. The summed E-state index contributed by atoms with van der Waals surface area (Å²) in [6.45, 7) is 10.9. The number of nitrogens with one attached hydrogen (secondary N) is 3. The van der Waals surface area contributed by atoms with Gasteiger partial charge in [-0.05, 0) is 127 Å². The number of rotatable bonds is 13. The van der Waals surface area contributed by atoms with Crippen LogP contribution in [0.4, 0.5) is 18.9 Å². The summed E-state index contributed by atoms with van der Waals surface area (Å²) in [5, 5.41) is 21.2. The number of nitrogens with zero attached hydrogens (tertiary/aromatic N) is 1. The van der Waals surface area contributed by atoms with Crippen LogP contribution in [0.5, 0.6) is 5.75 Å². The molecule has 10 heteroatoms. The van der Waals surface area contributed by atoms with E-state index in [9.17, 15) is 18.3 Å². The fraction of sp³-hybridized carbons (Fsp3) is 0.432. The van der Waals surface area contributed by atoms with E-state index in [0.29, 0.717) is 28.5 Å². The van der Waals surface area contributed by atoms with Crippen molar-refractivity contribution in [2.75, 3.05) is 25.1 Å². The first-order chi connectivity index (χ1) is 22.4. The van der Waals surface area contributed by atoms with E-state index in [-0.39, 0.29) is 24.4 Å². The van der Waals surface area contributed by atoms with E-state index >= 15 is 0 Å². The first kappa shape index (κ1) is 35.8. The smallest absolute Gasteiger partial charge is 0.416 e. The molecule has 47 heavy (non-hydrogen) atoms. The highest BCUT2D eigenvalue weighted by Crippen LogP contribution is 2.35. The number of aromatic hydroxyl groups is 1. The van der Waals surface area contributed by atoms with Gasteiger partial charge in [0, 0.05) is 32.0 Å². The Hall–Kier alpha value is -4.02. The van der Waals surface area contributed by atoms with Gasteiger partial charge in [-0.1, -0.05) is 37.6 Å². The highest BCUT2D eigenvalue weighted by Gasteiger charge is 2.31. The molecule has 6 N–H and O–H groups in total. The number of halogens is 3. The van der Waals surface area contributed by atoms with Crippen molar-refractivity contribution >= 4 is 11.9 Å². The summed E-state index contributed by atoms with van der Waals surface area (Å²) < 4.78 is 46.9. The number of alkyl halides is 3. The average Bonchev–Trinajstić information content (AvgIpc) is 3.33. The molecule has 3 unspecified atom stereocenters. The quantitative estimate of drug-likeness (QED) is 0.0730. The third-order valence-electron chi connectivity index (χ3n) is 8.73. The summed E-state index contributed by atoms with van der Waals surface area (Å²) in [6, 6.07) is 16.1. The molecule has 4 rings (SSSR count). The summed E-state index contributed by atoms with van der Waals surface area (Å²) in [4.78, 5) is 0. The van der Waals surface area contributed by atoms with E-state index in [1.807, 2.05) is 25.1 Å². The molecule has 0 saturated carbocycles. The fourth-order valence-corrected chi connectivity index (χ4v) is 6.04. The fourth-order valence-electron chi connectivity index (χ4n) is 6.04. The number of benzene rings is 3. The summed E-state index contributed by atoms with van der Waals surface area (Å²) >= 11 is 0. The zero-order valence-corrected chi connectivity index (χ0v) is 27.7. The molecule has 1 aliphatic heterocycles. The second-order valence-electron chi connectivity index (χ2n) is 12.7. The summed E-state index contributed by atoms with van der Waals surface area (Å²) in [7, 11) is 0. The number of hydrogen-bond donors (Lipinski definition) is 5. The van der Waals surface area contributed by atoms with Gasteiger partial charge in [0.1, 0.15) is 5.75 Å².